The standard InChI is InChI=1S/C16H15BrO4/c1-19-13-6-7-15(12(9-13)10-17)21-14-5-3-4-11(8-14)16(18)20-2/h3-9H,10H2,1-2H3. The molecular formula is C16H15BrO4. The van der Waals surface area contributed by atoms with E-state index in [0.29, 0.717) is 22.4 Å². The molecule has 0 heterocycles. The minimum absolute atomic E-state index is 0.393. The fourth-order valence-corrected chi connectivity index (χ4v) is 2.26. The number of carbonyl (C=O) groups is 1. The number of alkyl halides is 1. The maximum atomic E-state index is 11.5. The van der Waals surface area contributed by atoms with Crippen molar-refractivity contribution in [3.63, 3.8) is 0 Å². The number of methoxy groups -OCH3 is 2. The molecule has 0 fully saturated rings. The first-order valence-electron chi connectivity index (χ1n) is 6.27. The van der Waals surface area contributed by atoms with E-state index in [1.807, 2.05) is 18.2 Å². The maximum Gasteiger partial charge on any atom is 0.337 e. The highest BCUT2D eigenvalue weighted by molar-refractivity contribution is 9.08. The minimum Gasteiger partial charge on any atom is -0.497 e. The molecule has 0 saturated heterocycles. The van der Waals surface area contributed by atoms with E-state index in [0.717, 1.165) is 11.3 Å². The lowest BCUT2D eigenvalue weighted by Gasteiger charge is -2.11. The summed E-state index contributed by atoms with van der Waals surface area (Å²) in [6, 6.07) is 12.4. The molecule has 21 heavy (non-hydrogen) atoms. The quantitative estimate of drug-likeness (QED) is 0.599. The van der Waals surface area contributed by atoms with Crippen molar-refractivity contribution in [3.8, 4) is 17.2 Å². The molecule has 0 aliphatic rings. The van der Waals surface area contributed by atoms with Gasteiger partial charge in [0.25, 0.3) is 0 Å². The summed E-state index contributed by atoms with van der Waals surface area (Å²) in [5, 5.41) is 0.635. The predicted molar refractivity (Wildman–Crippen MR) is 83.5 cm³/mol. The van der Waals surface area contributed by atoms with Crippen LogP contribution in [0, 0.1) is 0 Å². The highest BCUT2D eigenvalue weighted by Crippen LogP contribution is 2.30. The summed E-state index contributed by atoms with van der Waals surface area (Å²) in [5.41, 5.74) is 1.40. The fraction of sp³-hybridized carbons (Fsp3) is 0.188. The van der Waals surface area contributed by atoms with Crippen LogP contribution in [-0.2, 0) is 10.1 Å². The lowest BCUT2D eigenvalue weighted by atomic mass is 10.2. The highest BCUT2D eigenvalue weighted by Gasteiger charge is 2.09. The molecule has 0 radical (unpaired) electrons. The number of rotatable bonds is 5. The second-order valence-corrected chi connectivity index (χ2v) is 4.79. The van der Waals surface area contributed by atoms with E-state index in [1.54, 1.807) is 31.4 Å². The Morgan fingerprint density at radius 3 is 2.57 bits per heavy atom. The largest absolute Gasteiger partial charge is 0.497 e. The number of halogens is 1. The summed E-state index contributed by atoms with van der Waals surface area (Å²) in [4.78, 5) is 11.5. The van der Waals surface area contributed by atoms with Gasteiger partial charge >= 0.3 is 5.97 Å². The molecule has 0 amide bonds. The highest BCUT2D eigenvalue weighted by atomic mass is 79.9. The van der Waals surface area contributed by atoms with E-state index in [1.165, 1.54) is 7.11 Å². The second-order valence-electron chi connectivity index (χ2n) is 4.23. The molecule has 2 aromatic rings. The topological polar surface area (TPSA) is 44.8 Å². The first-order valence-corrected chi connectivity index (χ1v) is 7.39. The summed E-state index contributed by atoms with van der Waals surface area (Å²) >= 11 is 3.42. The summed E-state index contributed by atoms with van der Waals surface area (Å²) in [5.74, 6) is 1.65. The van der Waals surface area contributed by atoms with E-state index in [9.17, 15) is 4.79 Å². The van der Waals surface area contributed by atoms with Gasteiger partial charge in [0.05, 0.1) is 19.8 Å². The summed E-state index contributed by atoms with van der Waals surface area (Å²) in [6.45, 7) is 0. The Hall–Kier alpha value is -2.01. The Morgan fingerprint density at radius 1 is 1.10 bits per heavy atom. The molecule has 0 atom stereocenters. The van der Waals surface area contributed by atoms with Crippen molar-refractivity contribution in [1.29, 1.82) is 0 Å². The van der Waals surface area contributed by atoms with Gasteiger partial charge in [-0.1, -0.05) is 22.0 Å². The van der Waals surface area contributed by atoms with Gasteiger partial charge in [-0.05, 0) is 36.4 Å². The third-order valence-corrected chi connectivity index (χ3v) is 3.50. The van der Waals surface area contributed by atoms with Crippen LogP contribution in [0.3, 0.4) is 0 Å². The lowest BCUT2D eigenvalue weighted by molar-refractivity contribution is 0.0600. The summed E-state index contributed by atoms with van der Waals surface area (Å²) in [6.07, 6.45) is 0. The van der Waals surface area contributed by atoms with Crippen molar-refractivity contribution in [3.05, 3.63) is 53.6 Å². The second kappa shape index (κ2) is 7.13. The number of hydrogen-bond acceptors (Lipinski definition) is 4. The SMILES string of the molecule is COC(=O)c1cccc(Oc2ccc(OC)cc2CBr)c1. The van der Waals surface area contributed by atoms with Crippen molar-refractivity contribution < 1.29 is 19.0 Å². The number of ether oxygens (including phenoxy) is 3. The Labute approximate surface area is 131 Å². The van der Waals surface area contributed by atoms with E-state index < -0.39 is 5.97 Å². The van der Waals surface area contributed by atoms with Crippen molar-refractivity contribution in [2.75, 3.05) is 14.2 Å². The van der Waals surface area contributed by atoms with Crippen LogP contribution in [-0.4, -0.2) is 20.2 Å². The third kappa shape index (κ3) is 3.76. The van der Waals surface area contributed by atoms with E-state index >= 15 is 0 Å². The lowest BCUT2D eigenvalue weighted by Crippen LogP contribution is -2.01. The summed E-state index contributed by atoms with van der Waals surface area (Å²) in [7, 11) is 2.97. The number of carbonyl (C=O) groups excluding carboxylic acids is 1. The van der Waals surface area contributed by atoms with Gasteiger partial charge in [0.2, 0.25) is 0 Å². The molecule has 0 N–H and O–H groups in total. The van der Waals surface area contributed by atoms with Crippen molar-refractivity contribution in [2.24, 2.45) is 0 Å². The third-order valence-electron chi connectivity index (χ3n) is 2.89. The van der Waals surface area contributed by atoms with Gasteiger partial charge in [-0.25, -0.2) is 4.79 Å². The van der Waals surface area contributed by atoms with Crippen LogP contribution in [0.1, 0.15) is 15.9 Å². The normalized spacial score (nSPS) is 10.0. The van der Waals surface area contributed by atoms with Crippen LogP contribution in [0.15, 0.2) is 42.5 Å². The zero-order valence-electron chi connectivity index (χ0n) is 11.8. The molecule has 2 rings (SSSR count). The van der Waals surface area contributed by atoms with E-state index in [-0.39, 0.29) is 0 Å². The van der Waals surface area contributed by atoms with Crippen LogP contribution in [0.5, 0.6) is 17.2 Å². The number of esters is 1. The average molecular weight is 351 g/mol. The predicted octanol–water partition coefficient (Wildman–Crippen LogP) is 4.17. The molecule has 0 aliphatic heterocycles. The first-order chi connectivity index (χ1) is 10.2. The Morgan fingerprint density at radius 2 is 1.90 bits per heavy atom. The number of benzene rings is 2. The van der Waals surface area contributed by atoms with Gasteiger partial charge < -0.3 is 14.2 Å². The molecule has 4 nitrogen and oxygen atoms in total. The monoisotopic (exact) mass is 350 g/mol. The molecule has 110 valence electrons. The van der Waals surface area contributed by atoms with Gasteiger partial charge in [-0.15, -0.1) is 0 Å². The van der Waals surface area contributed by atoms with Gasteiger partial charge in [-0.3, -0.25) is 0 Å². The molecule has 0 aromatic heterocycles. The fourth-order valence-electron chi connectivity index (χ4n) is 1.82. The van der Waals surface area contributed by atoms with Crippen LogP contribution in [0.2, 0.25) is 0 Å². The molecular weight excluding hydrogens is 336 g/mol. The molecule has 0 spiro atoms. The van der Waals surface area contributed by atoms with Crippen molar-refractivity contribution in [2.45, 2.75) is 5.33 Å². The van der Waals surface area contributed by atoms with Crippen LogP contribution in [0.25, 0.3) is 0 Å². The van der Waals surface area contributed by atoms with Crippen molar-refractivity contribution >= 4 is 21.9 Å². The zero-order valence-corrected chi connectivity index (χ0v) is 13.3. The average Bonchev–Trinajstić information content (AvgIpc) is 2.54. The minimum atomic E-state index is -0.393. The Balaban J connectivity index is 2.27. The molecule has 2 aromatic carbocycles. The Bertz CT molecular complexity index is 640. The zero-order chi connectivity index (χ0) is 15.2. The van der Waals surface area contributed by atoms with Gasteiger partial charge in [-0.2, -0.15) is 0 Å². The Kier molecular flexibility index (Phi) is 5.22. The number of hydrogen-bond donors (Lipinski definition) is 0. The van der Waals surface area contributed by atoms with E-state index in [2.05, 4.69) is 15.9 Å². The smallest absolute Gasteiger partial charge is 0.337 e. The van der Waals surface area contributed by atoms with Crippen LogP contribution >= 0.6 is 15.9 Å². The maximum absolute atomic E-state index is 11.5. The van der Waals surface area contributed by atoms with Gasteiger partial charge in [0, 0.05) is 10.9 Å². The van der Waals surface area contributed by atoms with Crippen molar-refractivity contribution in [1.82, 2.24) is 0 Å². The molecule has 0 saturated carbocycles. The summed E-state index contributed by atoms with van der Waals surface area (Å²) < 4.78 is 15.7. The first kappa shape index (κ1) is 15.4. The molecule has 0 unspecified atom stereocenters. The van der Waals surface area contributed by atoms with Gasteiger partial charge in [0.15, 0.2) is 0 Å². The van der Waals surface area contributed by atoms with E-state index in [4.69, 9.17) is 14.2 Å². The molecule has 0 bridgehead atoms. The van der Waals surface area contributed by atoms with Crippen LogP contribution in [0.4, 0.5) is 0 Å². The van der Waals surface area contributed by atoms with Gasteiger partial charge in [0.1, 0.15) is 17.2 Å². The molecule has 0 aliphatic carbocycles. The van der Waals surface area contributed by atoms with Crippen LogP contribution < -0.4 is 9.47 Å². The molecule has 5 heteroatoms.